The van der Waals surface area contributed by atoms with Gasteiger partial charge in [0.2, 0.25) is 0 Å². The zero-order valence-corrected chi connectivity index (χ0v) is 11.7. The van der Waals surface area contributed by atoms with E-state index in [0.29, 0.717) is 0 Å². The minimum absolute atomic E-state index is 0.0537. The van der Waals surface area contributed by atoms with Crippen LogP contribution in [-0.2, 0) is 15.1 Å². The van der Waals surface area contributed by atoms with E-state index in [9.17, 15) is 15.0 Å². The molecular weight excluding hydrogens is 326 g/mol. The van der Waals surface area contributed by atoms with Gasteiger partial charge in [0.25, 0.3) is 0 Å². The predicted molar refractivity (Wildman–Crippen MR) is 70.1 cm³/mol. The smallest absolute Gasteiger partial charge is 0.394 e. The van der Waals surface area contributed by atoms with Crippen molar-refractivity contribution in [3.8, 4) is 0 Å². The molecule has 4 atom stereocenters. The van der Waals surface area contributed by atoms with Gasteiger partial charge in [-0.05, 0) is 6.07 Å². The summed E-state index contributed by atoms with van der Waals surface area (Å²) in [6, 6.07) is 1.37. The molecule has 7 N–H and O–H groups in total. The number of hydrogen-bond acceptors (Lipinski definition) is 9. The predicted octanol–water partition coefficient (Wildman–Crippen LogP) is -3.22. The first-order valence-corrected chi connectivity index (χ1v) is 7.11. The fraction of sp³-hybridized carbons (Fsp3) is 0.556. The van der Waals surface area contributed by atoms with Gasteiger partial charge in [-0.1, -0.05) is 0 Å². The maximum absolute atomic E-state index is 11.5. The third kappa shape index (κ3) is 4.99. The van der Waals surface area contributed by atoms with Crippen LogP contribution in [-0.4, -0.2) is 67.3 Å². The second-order valence-corrected chi connectivity index (χ2v) is 5.11. The molecule has 1 fully saturated rings. The quantitative estimate of drug-likeness (QED) is 0.295. The minimum atomic E-state index is -4.67. The van der Waals surface area contributed by atoms with E-state index < -0.39 is 47.2 Å². The lowest BCUT2D eigenvalue weighted by Gasteiger charge is -2.16. The average molecular weight is 341 g/mol. The highest BCUT2D eigenvalue weighted by Gasteiger charge is 2.43. The number of anilines is 1. The monoisotopic (exact) mass is 341 g/mol. The molecule has 2 rings (SSSR count). The van der Waals surface area contributed by atoms with E-state index in [1.807, 2.05) is 0 Å². The summed E-state index contributed by atoms with van der Waals surface area (Å²) >= 11 is 0. The third-order valence-corrected chi connectivity index (χ3v) is 2.64. The average Bonchev–Trinajstić information content (AvgIpc) is 2.64. The van der Waals surface area contributed by atoms with Crippen molar-refractivity contribution in [2.75, 3.05) is 12.3 Å². The molecule has 13 heteroatoms. The van der Waals surface area contributed by atoms with Gasteiger partial charge in [0.1, 0.15) is 24.1 Å². The van der Waals surface area contributed by atoms with Gasteiger partial charge in [-0.2, -0.15) is 13.4 Å². The Balaban J connectivity index is 0.000000422. The number of aromatic nitrogens is 2. The molecule has 22 heavy (non-hydrogen) atoms. The first kappa shape index (κ1) is 18.4. The van der Waals surface area contributed by atoms with Gasteiger partial charge in [0, 0.05) is 6.20 Å². The van der Waals surface area contributed by atoms with Crippen LogP contribution in [0.1, 0.15) is 6.23 Å². The summed E-state index contributed by atoms with van der Waals surface area (Å²) in [6.07, 6.45) is -3.27. The Bertz CT molecular complexity index is 653. The molecule has 0 spiro atoms. The van der Waals surface area contributed by atoms with Crippen molar-refractivity contribution in [1.29, 1.82) is 0 Å². The normalized spacial score (nSPS) is 28.0. The van der Waals surface area contributed by atoms with E-state index in [4.69, 9.17) is 33.1 Å². The van der Waals surface area contributed by atoms with Crippen LogP contribution in [0.15, 0.2) is 17.1 Å². The van der Waals surface area contributed by atoms with Crippen LogP contribution in [0, 0.1) is 0 Å². The highest BCUT2D eigenvalue weighted by Crippen LogP contribution is 2.27. The standard InChI is InChI=1S/C9H13N3O5.H2O4S/c10-5-1-2-12(9(16)11-5)8-7(15)6(14)4(3-13)17-8;1-5(2,3)4/h1-2,4,6-8,13-15H,3H2,(H2,10,11,16);(H2,1,2,3,4). The summed E-state index contributed by atoms with van der Waals surface area (Å²) in [5, 5.41) is 28.2. The van der Waals surface area contributed by atoms with Gasteiger partial charge >= 0.3 is 16.1 Å². The molecule has 0 aliphatic carbocycles. The molecule has 1 aromatic heterocycles. The molecular formula is C9H15N3O9S. The molecule has 1 aromatic rings. The van der Waals surface area contributed by atoms with Gasteiger partial charge in [0.05, 0.1) is 6.61 Å². The molecule has 1 aliphatic heterocycles. The second kappa shape index (κ2) is 7.10. The van der Waals surface area contributed by atoms with Crippen molar-refractivity contribution in [2.24, 2.45) is 0 Å². The largest absolute Gasteiger partial charge is 0.394 e. The Morgan fingerprint density at radius 1 is 1.32 bits per heavy atom. The van der Waals surface area contributed by atoms with Gasteiger partial charge < -0.3 is 25.8 Å². The Morgan fingerprint density at radius 3 is 2.27 bits per heavy atom. The van der Waals surface area contributed by atoms with E-state index in [1.165, 1.54) is 12.3 Å². The zero-order chi connectivity index (χ0) is 17.1. The van der Waals surface area contributed by atoms with Gasteiger partial charge in [-0.15, -0.1) is 0 Å². The summed E-state index contributed by atoms with van der Waals surface area (Å²) in [6.45, 7) is -0.453. The van der Waals surface area contributed by atoms with Crippen molar-refractivity contribution in [1.82, 2.24) is 9.55 Å². The van der Waals surface area contributed by atoms with E-state index in [2.05, 4.69) is 4.98 Å². The molecule has 1 aliphatic rings. The van der Waals surface area contributed by atoms with E-state index in [0.717, 1.165) is 4.57 Å². The molecule has 2 heterocycles. The lowest BCUT2D eigenvalue weighted by molar-refractivity contribution is -0.0549. The van der Waals surface area contributed by atoms with Crippen molar-refractivity contribution >= 4 is 16.2 Å². The molecule has 0 saturated carbocycles. The second-order valence-electron chi connectivity index (χ2n) is 4.22. The number of aliphatic hydroxyl groups is 3. The number of rotatable bonds is 2. The Hall–Kier alpha value is -1.61. The molecule has 12 nitrogen and oxygen atoms in total. The van der Waals surface area contributed by atoms with E-state index in [-0.39, 0.29) is 5.82 Å². The summed E-state index contributed by atoms with van der Waals surface area (Å²) < 4.78 is 37.8. The van der Waals surface area contributed by atoms with Gasteiger partial charge in [-0.25, -0.2) is 4.79 Å². The van der Waals surface area contributed by atoms with Crippen LogP contribution in [0.25, 0.3) is 0 Å². The molecule has 0 bridgehead atoms. The summed E-state index contributed by atoms with van der Waals surface area (Å²) in [4.78, 5) is 15.0. The first-order valence-electron chi connectivity index (χ1n) is 5.71. The van der Waals surface area contributed by atoms with Crippen LogP contribution < -0.4 is 11.4 Å². The first-order chi connectivity index (χ1) is 10.0. The topological polar surface area (TPSA) is 205 Å². The molecule has 1 saturated heterocycles. The third-order valence-electron chi connectivity index (χ3n) is 2.64. The molecule has 126 valence electrons. The number of ether oxygens (including phenoxy) is 1. The lowest BCUT2D eigenvalue weighted by atomic mass is 10.1. The van der Waals surface area contributed by atoms with Crippen LogP contribution >= 0.6 is 0 Å². The molecule has 4 unspecified atom stereocenters. The van der Waals surface area contributed by atoms with Crippen LogP contribution in [0.2, 0.25) is 0 Å². The van der Waals surface area contributed by atoms with Crippen LogP contribution in [0.4, 0.5) is 5.82 Å². The molecule has 0 amide bonds. The zero-order valence-electron chi connectivity index (χ0n) is 10.9. The van der Waals surface area contributed by atoms with Gasteiger partial charge in [-0.3, -0.25) is 13.7 Å². The number of nitrogens with two attached hydrogens (primary N) is 1. The maximum Gasteiger partial charge on any atom is 0.394 e. The Morgan fingerprint density at radius 2 is 1.86 bits per heavy atom. The molecule has 0 aromatic carbocycles. The summed E-state index contributed by atoms with van der Waals surface area (Å²) in [5.74, 6) is 0.0537. The Labute approximate surface area is 124 Å². The summed E-state index contributed by atoms with van der Waals surface area (Å²) in [7, 11) is -4.67. The Kier molecular flexibility index (Phi) is 5.95. The molecule has 0 radical (unpaired) electrons. The fourth-order valence-electron chi connectivity index (χ4n) is 1.73. The number of aliphatic hydroxyl groups excluding tert-OH is 3. The highest BCUT2D eigenvalue weighted by atomic mass is 32.3. The number of nitrogen functional groups attached to an aromatic ring is 1. The minimum Gasteiger partial charge on any atom is -0.394 e. The van der Waals surface area contributed by atoms with E-state index in [1.54, 1.807) is 0 Å². The van der Waals surface area contributed by atoms with Crippen LogP contribution in [0.3, 0.4) is 0 Å². The van der Waals surface area contributed by atoms with E-state index >= 15 is 0 Å². The van der Waals surface area contributed by atoms with Crippen molar-refractivity contribution in [2.45, 2.75) is 24.5 Å². The van der Waals surface area contributed by atoms with Crippen molar-refractivity contribution in [3.63, 3.8) is 0 Å². The number of nitrogens with zero attached hydrogens (tertiary/aromatic N) is 2. The van der Waals surface area contributed by atoms with Crippen molar-refractivity contribution in [3.05, 3.63) is 22.7 Å². The lowest BCUT2D eigenvalue weighted by Crippen LogP contribution is -2.36. The summed E-state index contributed by atoms with van der Waals surface area (Å²) in [5.41, 5.74) is 4.63. The van der Waals surface area contributed by atoms with Crippen LogP contribution in [0.5, 0.6) is 0 Å². The SMILES string of the molecule is Nc1ccn(C2OC(CO)C(O)C2O)c(=O)n1.O=S(=O)(O)O. The number of hydrogen-bond donors (Lipinski definition) is 6. The highest BCUT2D eigenvalue weighted by molar-refractivity contribution is 7.79. The van der Waals surface area contributed by atoms with Crippen molar-refractivity contribution < 1.29 is 37.6 Å². The fourth-order valence-corrected chi connectivity index (χ4v) is 1.73. The van der Waals surface area contributed by atoms with Gasteiger partial charge in [0.15, 0.2) is 6.23 Å². The maximum atomic E-state index is 11.5.